The number of benzene rings is 6. The van der Waals surface area contributed by atoms with E-state index >= 15 is 0 Å². The number of nitrogens with zero attached hydrogens (tertiary/aromatic N) is 7. The zero-order valence-electron chi connectivity index (χ0n) is 46.2. The summed E-state index contributed by atoms with van der Waals surface area (Å²) in [6.07, 6.45) is 3.09. The number of nitrogens with one attached hydrogen (secondary N) is 1. The molecule has 0 spiro atoms. The normalized spacial score (nSPS) is 11.1. The van der Waals surface area contributed by atoms with Crippen LogP contribution in [0.1, 0.15) is 86.8 Å². The zero-order valence-corrected chi connectivity index (χ0v) is 46.2. The number of carbonyl (C=O) groups is 2. The van der Waals surface area contributed by atoms with Crippen LogP contribution in [0.2, 0.25) is 0 Å². The number of aromatic nitrogens is 8. The van der Waals surface area contributed by atoms with Gasteiger partial charge in [-0.1, -0.05) is 88.4 Å². The zero-order chi connectivity index (χ0) is 56.5. The van der Waals surface area contributed by atoms with Gasteiger partial charge < -0.3 is 33.2 Å². The van der Waals surface area contributed by atoms with Gasteiger partial charge in [0.25, 0.3) is 0 Å². The van der Waals surface area contributed by atoms with Crippen LogP contribution in [0.4, 0.5) is 4.79 Å². The van der Waals surface area contributed by atoms with Gasteiger partial charge in [0, 0.05) is 73.0 Å². The van der Waals surface area contributed by atoms with E-state index in [-0.39, 0.29) is 48.5 Å². The predicted octanol–water partition coefficient (Wildman–Crippen LogP) is 11.8. The summed E-state index contributed by atoms with van der Waals surface area (Å²) in [5, 5.41) is 24.0. The Bertz CT molecular complexity index is 3880. The Morgan fingerprint density at radius 1 is 0.646 bits per heavy atom. The van der Waals surface area contributed by atoms with Gasteiger partial charge in [-0.25, -0.2) is 28.6 Å². The Morgan fingerprint density at radius 2 is 1.18 bits per heavy atom. The molecule has 2 N–H and O–H groups in total. The summed E-state index contributed by atoms with van der Waals surface area (Å²) in [5.41, 5.74) is 9.35. The summed E-state index contributed by atoms with van der Waals surface area (Å²) in [5.74, 6) is 1.87. The molecule has 17 heteroatoms. The molecule has 79 heavy (non-hydrogen) atoms. The third-order valence-corrected chi connectivity index (χ3v) is 13.3. The van der Waals surface area contributed by atoms with Crippen LogP contribution in [0.15, 0.2) is 155 Å². The van der Waals surface area contributed by atoms with Crippen molar-refractivity contribution in [1.29, 1.82) is 0 Å². The van der Waals surface area contributed by atoms with E-state index in [1.807, 2.05) is 187 Å². The molecule has 0 saturated carbocycles. The molecule has 0 aliphatic heterocycles. The number of ether oxygens (including phenoxy) is 4. The fraction of sp³-hybridized carbons (Fsp3) is 0.258. The first-order chi connectivity index (χ1) is 37.9. The summed E-state index contributed by atoms with van der Waals surface area (Å²) < 4.78 is 29.3. The minimum atomic E-state index is -0.866. The molecule has 0 bridgehead atoms. The quantitative estimate of drug-likeness (QED) is 0.0598. The maximum absolute atomic E-state index is 13.7. The largest absolute Gasteiger partial charge is 0.508 e. The van der Waals surface area contributed by atoms with Crippen LogP contribution in [0.5, 0.6) is 11.5 Å². The van der Waals surface area contributed by atoms with E-state index < -0.39 is 11.8 Å². The second-order valence-electron chi connectivity index (χ2n) is 19.7. The van der Waals surface area contributed by atoms with Gasteiger partial charge in [-0.3, -0.25) is 4.79 Å². The fourth-order valence-electron chi connectivity index (χ4n) is 9.08. The van der Waals surface area contributed by atoms with E-state index in [0.717, 1.165) is 76.9 Å². The number of hydrogen-bond donors (Lipinski definition) is 2. The van der Waals surface area contributed by atoms with Crippen molar-refractivity contribution in [3.05, 3.63) is 200 Å². The van der Waals surface area contributed by atoms with Crippen LogP contribution < -0.4 is 16.1 Å². The lowest BCUT2D eigenvalue weighted by atomic mass is 9.96. The van der Waals surface area contributed by atoms with Crippen LogP contribution in [0, 0.1) is 13.8 Å². The smallest absolute Gasteiger partial charge is 0.439 e. The van der Waals surface area contributed by atoms with E-state index in [0.29, 0.717) is 30.3 Å². The number of esters is 1. The molecular formula is C62H66N8O9. The van der Waals surface area contributed by atoms with Crippen molar-refractivity contribution < 1.29 is 33.6 Å². The Kier molecular flexibility index (Phi) is 17.6. The number of H-pyrrole nitrogens is 1. The summed E-state index contributed by atoms with van der Waals surface area (Å²) in [7, 11) is 3.96. The third-order valence-electron chi connectivity index (χ3n) is 13.3. The van der Waals surface area contributed by atoms with Gasteiger partial charge in [0.05, 0.1) is 11.4 Å². The van der Waals surface area contributed by atoms with Gasteiger partial charge in [0.15, 0.2) is 18.4 Å². The molecule has 0 aliphatic rings. The van der Waals surface area contributed by atoms with Crippen LogP contribution >= 0.6 is 0 Å². The average Bonchev–Trinajstić information content (AvgIpc) is 4.25. The lowest BCUT2D eigenvalue weighted by molar-refractivity contribution is -0.142. The van der Waals surface area contributed by atoms with Crippen molar-refractivity contribution >= 4 is 33.9 Å². The summed E-state index contributed by atoms with van der Waals surface area (Å²) in [4.78, 5) is 49.8. The molecule has 0 saturated heterocycles. The maximum Gasteiger partial charge on any atom is 0.439 e. The molecule has 4 aromatic heterocycles. The van der Waals surface area contributed by atoms with Gasteiger partial charge in [-0.15, -0.1) is 9.78 Å². The van der Waals surface area contributed by atoms with E-state index in [1.54, 1.807) is 10.6 Å². The molecule has 4 heterocycles. The minimum Gasteiger partial charge on any atom is -0.508 e. The molecular weight excluding hydrogens is 1000 g/mol. The van der Waals surface area contributed by atoms with Crippen molar-refractivity contribution in [1.82, 2.24) is 38.2 Å². The Morgan fingerprint density at radius 3 is 1.73 bits per heavy atom. The molecule has 408 valence electrons. The molecule has 0 atom stereocenters. The van der Waals surface area contributed by atoms with E-state index in [9.17, 15) is 24.3 Å². The number of phenols is 1. The van der Waals surface area contributed by atoms with E-state index in [4.69, 9.17) is 18.9 Å². The van der Waals surface area contributed by atoms with Crippen LogP contribution in [-0.4, -0.2) is 68.8 Å². The highest BCUT2D eigenvalue weighted by Crippen LogP contribution is 2.36. The molecule has 0 fully saturated rings. The van der Waals surface area contributed by atoms with Gasteiger partial charge in [0.1, 0.15) is 24.7 Å². The van der Waals surface area contributed by atoms with Gasteiger partial charge in [0.2, 0.25) is 0 Å². The highest BCUT2D eigenvalue weighted by Gasteiger charge is 2.25. The Labute approximate surface area is 457 Å². The van der Waals surface area contributed by atoms with Crippen LogP contribution in [0.25, 0.3) is 56.0 Å². The van der Waals surface area contributed by atoms with E-state index in [1.165, 1.54) is 11.5 Å². The first-order valence-corrected chi connectivity index (χ1v) is 26.0. The van der Waals surface area contributed by atoms with Crippen molar-refractivity contribution in [3.63, 3.8) is 0 Å². The molecule has 0 radical (unpaired) electrons. The molecule has 10 rings (SSSR count). The Balaban J connectivity index is 0.000000176. The topological polar surface area (TPSA) is 192 Å². The summed E-state index contributed by atoms with van der Waals surface area (Å²) in [6, 6.07) is 42.0. The minimum absolute atomic E-state index is 0.0139. The second-order valence-corrected chi connectivity index (χ2v) is 19.7. The predicted molar refractivity (Wildman–Crippen MR) is 306 cm³/mol. The number of aryl methyl sites for hydroxylation is 4. The molecule has 17 nitrogen and oxygen atoms in total. The lowest BCUT2D eigenvalue weighted by Gasteiger charge is -2.18. The van der Waals surface area contributed by atoms with E-state index in [2.05, 4.69) is 39.8 Å². The first kappa shape index (κ1) is 56.0. The number of fused-ring (bicyclic) bond motifs is 2. The standard InChI is InChI=1S/C29H28N4O4.C24H28N4O3.C9H10O2/c1-18(2)23-16-24(19(3)14-26(23)34)27-30-33(29(36)37-17-20-8-6-5-7-9-20)28(35)32(27)22-10-11-25-21(15-22)12-13-31(25)4;1-6-30-14-31-22-11-16(4)20(13-19(22)15(2)3)23-25-26-24(29)28(23)18-7-8-21-17(12-18)9-10-27(21)5;1-8(10)11-7-9-5-3-2-4-6-9/h5-16,18,34H,17H2,1-4H3;7-13,15H,6,14H2,1-5H3,(H,26,29);2-6H,7H2,1H3. The molecule has 10 aromatic rings. The highest BCUT2D eigenvalue weighted by atomic mass is 16.7. The highest BCUT2D eigenvalue weighted by molar-refractivity contribution is 5.84. The molecule has 0 amide bonds. The number of hydrogen-bond acceptors (Lipinski definition) is 11. The maximum atomic E-state index is 13.7. The Hall–Kier alpha value is -9.22. The summed E-state index contributed by atoms with van der Waals surface area (Å²) >= 11 is 0. The second kappa shape index (κ2) is 24.8. The SMILES string of the molecule is CC(=O)OCc1ccccc1.CCOCOc1cc(C)c(-c2n[nH]c(=O)n2-c2ccc3c(ccn3C)c2)cc1C(C)C.Cc1cc(O)c(C(C)C)cc1-c1nn(C(=O)OCc2ccccc2)c(=O)n1-c1ccc2c(ccn2C)c1. The van der Waals surface area contributed by atoms with Crippen LogP contribution in [-0.2, 0) is 46.3 Å². The van der Waals surface area contributed by atoms with Crippen LogP contribution in [0.3, 0.4) is 0 Å². The third kappa shape index (κ3) is 12.8. The number of phenolic OH excluding ortho intramolecular Hbond substituents is 1. The van der Waals surface area contributed by atoms with Crippen molar-refractivity contribution in [2.75, 3.05) is 13.4 Å². The number of carbonyl (C=O) groups excluding carboxylic acids is 2. The van der Waals surface area contributed by atoms with Gasteiger partial charge >= 0.3 is 23.4 Å². The molecule has 0 unspecified atom stereocenters. The first-order valence-electron chi connectivity index (χ1n) is 26.0. The number of rotatable bonds is 14. The lowest BCUT2D eigenvalue weighted by Crippen LogP contribution is -2.30. The van der Waals surface area contributed by atoms with Crippen molar-refractivity contribution in [2.45, 2.75) is 80.4 Å². The fourth-order valence-corrected chi connectivity index (χ4v) is 9.08. The average molecular weight is 1070 g/mol. The number of aromatic hydroxyl groups is 1. The van der Waals surface area contributed by atoms with Crippen molar-refractivity contribution in [3.8, 4) is 45.6 Å². The molecule has 0 aliphatic carbocycles. The summed E-state index contributed by atoms with van der Waals surface area (Å²) in [6.45, 7) is 16.5. The van der Waals surface area contributed by atoms with Gasteiger partial charge in [-0.2, -0.15) is 5.10 Å². The van der Waals surface area contributed by atoms with Crippen molar-refractivity contribution in [2.24, 2.45) is 14.1 Å². The molecule has 6 aromatic carbocycles. The number of aromatic amines is 1. The van der Waals surface area contributed by atoms with Gasteiger partial charge in [-0.05, 0) is 139 Å². The monoisotopic (exact) mass is 1070 g/mol.